The molecule has 0 aliphatic carbocycles. The molecular formula is C17H25NO2. The molecule has 0 spiro atoms. The average Bonchev–Trinajstić information content (AvgIpc) is 2.80. The summed E-state index contributed by atoms with van der Waals surface area (Å²) in [6, 6.07) is 6.44. The molecular weight excluding hydrogens is 250 g/mol. The summed E-state index contributed by atoms with van der Waals surface area (Å²) in [5.41, 5.74) is 2.17. The average molecular weight is 275 g/mol. The smallest absolute Gasteiger partial charge is 0.138 e. The van der Waals surface area contributed by atoms with Gasteiger partial charge in [-0.2, -0.15) is 0 Å². The molecule has 1 N–H and O–H groups in total. The molecule has 0 radical (unpaired) electrons. The molecule has 0 aliphatic heterocycles. The third-order valence-electron chi connectivity index (χ3n) is 3.59. The van der Waals surface area contributed by atoms with Crippen LogP contribution >= 0.6 is 0 Å². The quantitative estimate of drug-likeness (QED) is 0.897. The lowest BCUT2D eigenvalue weighted by Gasteiger charge is -2.20. The molecule has 0 bridgehead atoms. The van der Waals surface area contributed by atoms with E-state index in [1.165, 1.54) is 5.56 Å². The highest BCUT2D eigenvalue weighted by molar-refractivity contribution is 5.84. The van der Waals surface area contributed by atoms with Gasteiger partial charge in [0.25, 0.3) is 0 Å². The van der Waals surface area contributed by atoms with E-state index in [1.54, 1.807) is 7.11 Å². The Labute approximate surface area is 121 Å². The van der Waals surface area contributed by atoms with Gasteiger partial charge in [-0.25, -0.2) is 0 Å². The van der Waals surface area contributed by atoms with E-state index in [2.05, 4.69) is 52.1 Å². The summed E-state index contributed by atoms with van der Waals surface area (Å²) in [5, 5.41) is 4.49. The van der Waals surface area contributed by atoms with Gasteiger partial charge in [0.1, 0.15) is 17.1 Å². The number of rotatable bonds is 4. The Morgan fingerprint density at radius 1 is 1.25 bits per heavy atom. The summed E-state index contributed by atoms with van der Waals surface area (Å²) >= 11 is 0. The zero-order chi connectivity index (χ0) is 14.9. The fraction of sp³-hybridized carbons (Fsp3) is 0.529. The van der Waals surface area contributed by atoms with Crippen molar-refractivity contribution in [2.24, 2.45) is 0 Å². The molecule has 20 heavy (non-hydrogen) atoms. The monoisotopic (exact) mass is 275 g/mol. The number of methoxy groups -OCH3 is 1. The molecule has 1 unspecified atom stereocenters. The normalized spacial score (nSPS) is 13.7. The standard InChI is InChI=1S/C17H25NO2/c1-7-18-11(2)15-9-12-8-13(19-6)10-14(16(12)20-15)17(3,4)5/h8-11,18H,7H2,1-6H3. The van der Waals surface area contributed by atoms with Crippen molar-refractivity contribution in [3.05, 3.63) is 29.5 Å². The number of fused-ring (bicyclic) bond motifs is 1. The summed E-state index contributed by atoms with van der Waals surface area (Å²) in [6.07, 6.45) is 0. The molecule has 3 nitrogen and oxygen atoms in total. The van der Waals surface area contributed by atoms with E-state index in [4.69, 9.17) is 9.15 Å². The van der Waals surface area contributed by atoms with Gasteiger partial charge in [-0.3, -0.25) is 0 Å². The minimum absolute atomic E-state index is 0.0172. The highest BCUT2D eigenvalue weighted by Gasteiger charge is 2.22. The molecule has 1 aromatic carbocycles. The van der Waals surface area contributed by atoms with Crippen LogP contribution in [0.25, 0.3) is 11.0 Å². The lowest BCUT2D eigenvalue weighted by Crippen LogP contribution is -2.16. The lowest BCUT2D eigenvalue weighted by atomic mass is 9.86. The van der Waals surface area contributed by atoms with Crippen molar-refractivity contribution in [2.75, 3.05) is 13.7 Å². The van der Waals surface area contributed by atoms with E-state index < -0.39 is 0 Å². The molecule has 0 fully saturated rings. The van der Waals surface area contributed by atoms with Crippen LogP contribution in [0.4, 0.5) is 0 Å². The molecule has 0 saturated heterocycles. The Balaban J connectivity index is 2.60. The Kier molecular flexibility index (Phi) is 4.09. The maximum atomic E-state index is 6.12. The van der Waals surface area contributed by atoms with Crippen LogP contribution in [-0.2, 0) is 5.41 Å². The molecule has 1 atom stereocenters. The van der Waals surface area contributed by atoms with Crippen LogP contribution in [0.15, 0.2) is 22.6 Å². The first-order chi connectivity index (χ1) is 9.36. The Morgan fingerprint density at radius 3 is 2.50 bits per heavy atom. The second-order valence-electron chi connectivity index (χ2n) is 6.27. The zero-order valence-corrected chi connectivity index (χ0v) is 13.3. The number of benzene rings is 1. The number of ether oxygens (including phenoxy) is 1. The van der Waals surface area contributed by atoms with Crippen molar-refractivity contribution in [3.8, 4) is 5.75 Å². The summed E-state index contributed by atoms with van der Waals surface area (Å²) in [5.74, 6) is 1.85. The number of furan rings is 1. The fourth-order valence-electron chi connectivity index (χ4n) is 2.44. The molecule has 3 heteroatoms. The second-order valence-corrected chi connectivity index (χ2v) is 6.27. The van der Waals surface area contributed by atoms with Gasteiger partial charge in [-0.05, 0) is 37.1 Å². The van der Waals surface area contributed by atoms with Crippen molar-refractivity contribution in [1.82, 2.24) is 5.32 Å². The van der Waals surface area contributed by atoms with Crippen molar-refractivity contribution in [3.63, 3.8) is 0 Å². The van der Waals surface area contributed by atoms with Gasteiger partial charge in [0.05, 0.1) is 13.2 Å². The first-order valence-corrected chi connectivity index (χ1v) is 7.22. The zero-order valence-electron chi connectivity index (χ0n) is 13.3. The molecule has 2 aromatic rings. The van der Waals surface area contributed by atoms with E-state index in [9.17, 15) is 0 Å². The van der Waals surface area contributed by atoms with Gasteiger partial charge >= 0.3 is 0 Å². The number of nitrogens with one attached hydrogen (secondary N) is 1. The SMILES string of the molecule is CCNC(C)c1cc2cc(OC)cc(C(C)(C)C)c2o1. The highest BCUT2D eigenvalue weighted by Crippen LogP contribution is 2.36. The van der Waals surface area contributed by atoms with Gasteiger partial charge in [0.2, 0.25) is 0 Å². The molecule has 110 valence electrons. The van der Waals surface area contributed by atoms with Crippen molar-refractivity contribution >= 4 is 11.0 Å². The maximum Gasteiger partial charge on any atom is 0.138 e. The van der Waals surface area contributed by atoms with Crippen LogP contribution < -0.4 is 10.1 Å². The lowest BCUT2D eigenvalue weighted by molar-refractivity contribution is 0.412. The van der Waals surface area contributed by atoms with E-state index in [-0.39, 0.29) is 11.5 Å². The molecule has 1 heterocycles. The van der Waals surface area contributed by atoms with Gasteiger partial charge < -0.3 is 14.5 Å². The van der Waals surface area contributed by atoms with Crippen molar-refractivity contribution in [2.45, 2.75) is 46.1 Å². The number of hydrogen-bond donors (Lipinski definition) is 1. The molecule has 0 saturated carbocycles. The molecule has 1 aromatic heterocycles. The van der Waals surface area contributed by atoms with Gasteiger partial charge in [-0.1, -0.05) is 27.7 Å². The fourth-order valence-corrected chi connectivity index (χ4v) is 2.44. The molecule has 0 amide bonds. The van der Waals surface area contributed by atoms with E-state index >= 15 is 0 Å². The van der Waals surface area contributed by atoms with Gasteiger partial charge in [-0.15, -0.1) is 0 Å². The topological polar surface area (TPSA) is 34.4 Å². The summed E-state index contributed by atoms with van der Waals surface area (Å²) in [4.78, 5) is 0. The minimum atomic E-state index is 0.0172. The van der Waals surface area contributed by atoms with Crippen molar-refractivity contribution < 1.29 is 9.15 Å². The first kappa shape index (κ1) is 14.9. The largest absolute Gasteiger partial charge is 0.497 e. The molecule has 2 rings (SSSR count). The van der Waals surface area contributed by atoms with E-state index in [0.29, 0.717) is 0 Å². The summed E-state index contributed by atoms with van der Waals surface area (Å²) in [6.45, 7) is 11.7. The summed E-state index contributed by atoms with van der Waals surface area (Å²) < 4.78 is 11.5. The Morgan fingerprint density at radius 2 is 1.95 bits per heavy atom. The highest BCUT2D eigenvalue weighted by atomic mass is 16.5. The van der Waals surface area contributed by atoms with Crippen LogP contribution in [0.2, 0.25) is 0 Å². The van der Waals surface area contributed by atoms with E-state index in [1.807, 2.05) is 6.07 Å². The van der Waals surface area contributed by atoms with E-state index in [0.717, 1.165) is 29.0 Å². The van der Waals surface area contributed by atoms with Crippen LogP contribution in [0.5, 0.6) is 5.75 Å². The predicted molar refractivity (Wildman–Crippen MR) is 83.6 cm³/mol. The minimum Gasteiger partial charge on any atom is -0.497 e. The van der Waals surface area contributed by atoms with Gasteiger partial charge in [0, 0.05) is 10.9 Å². The Bertz CT molecular complexity index is 593. The molecule has 0 aliphatic rings. The first-order valence-electron chi connectivity index (χ1n) is 7.22. The van der Waals surface area contributed by atoms with Crippen LogP contribution in [0.1, 0.15) is 52.0 Å². The third-order valence-corrected chi connectivity index (χ3v) is 3.59. The van der Waals surface area contributed by atoms with Gasteiger partial charge in [0.15, 0.2) is 0 Å². The Hall–Kier alpha value is -1.48. The van der Waals surface area contributed by atoms with Crippen LogP contribution in [0, 0.1) is 0 Å². The van der Waals surface area contributed by atoms with Crippen LogP contribution in [0.3, 0.4) is 0 Å². The summed E-state index contributed by atoms with van der Waals surface area (Å²) in [7, 11) is 1.70. The maximum absolute atomic E-state index is 6.12. The third kappa shape index (κ3) is 2.83. The number of hydrogen-bond acceptors (Lipinski definition) is 3. The second kappa shape index (κ2) is 5.49. The van der Waals surface area contributed by atoms with Crippen molar-refractivity contribution in [1.29, 1.82) is 0 Å². The predicted octanol–water partition coefficient (Wildman–Crippen LogP) is 4.41. The van der Waals surface area contributed by atoms with Crippen LogP contribution in [-0.4, -0.2) is 13.7 Å².